The molecule has 1 rings (SSSR count). The summed E-state index contributed by atoms with van der Waals surface area (Å²) in [4.78, 5) is 10.6. The van der Waals surface area contributed by atoms with Gasteiger partial charge in [-0.3, -0.25) is 0 Å². The van der Waals surface area contributed by atoms with E-state index in [4.69, 9.17) is 16.3 Å². The molecule has 1 N–H and O–H groups in total. The quantitative estimate of drug-likeness (QED) is 0.786. The topological polar surface area (TPSA) is 46.5 Å². The van der Waals surface area contributed by atoms with Crippen LogP contribution in [-0.4, -0.2) is 18.5 Å². The van der Waals surface area contributed by atoms with Crippen LogP contribution in [0.2, 0.25) is 5.02 Å². The van der Waals surface area contributed by atoms with Crippen LogP contribution in [0.5, 0.6) is 11.5 Å². The zero-order valence-corrected chi connectivity index (χ0v) is 8.71. The van der Waals surface area contributed by atoms with Gasteiger partial charge in [0.1, 0.15) is 6.29 Å². The molecule has 0 aliphatic rings. The first-order valence-corrected chi connectivity index (χ1v) is 4.49. The van der Waals surface area contributed by atoms with Crippen molar-refractivity contribution in [2.24, 2.45) is 0 Å². The minimum atomic E-state index is -0.400. The van der Waals surface area contributed by atoms with Crippen LogP contribution in [0.3, 0.4) is 0 Å². The van der Waals surface area contributed by atoms with Crippen LogP contribution in [0.15, 0.2) is 12.1 Å². The summed E-state index contributed by atoms with van der Waals surface area (Å²) in [6.45, 7) is 1.68. The number of phenolic OH excluding ortho intramolecular Hbond substituents is 1. The first kappa shape index (κ1) is 10.9. The summed E-state index contributed by atoms with van der Waals surface area (Å²) in [6, 6.07) is 3.05. The Morgan fingerprint density at radius 3 is 2.71 bits per heavy atom. The number of carbonyl (C=O) groups is 1. The number of hydrogen-bond donors (Lipinski definition) is 1. The highest BCUT2D eigenvalue weighted by Crippen LogP contribution is 2.36. The number of benzene rings is 1. The van der Waals surface area contributed by atoms with Crippen LogP contribution in [0.1, 0.15) is 18.4 Å². The minimum Gasteiger partial charge on any atom is -0.504 e. The molecule has 0 spiro atoms. The van der Waals surface area contributed by atoms with Gasteiger partial charge in [-0.05, 0) is 6.07 Å². The molecule has 0 radical (unpaired) electrons. The van der Waals surface area contributed by atoms with Crippen LogP contribution in [-0.2, 0) is 4.79 Å². The number of rotatable bonds is 3. The van der Waals surface area contributed by atoms with Crippen LogP contribution >= 0.6 is 11.6 Å². The van der Waals surface area contributed by atoms with Crippen molar-refractivity contribution in [2.45, 2.75) is 12.8 Å². The summed E-state index contributed by atoms with van der Waals surface area (Å²) in [5.41, 5.74) is 0.476. The van der Waals surface area contributed by atoms with E-state index in [-0.39, 0.29) is 11.5 Å². The Hall–Kier alpha value is -1.22. The van der Waals surface area contributed by atoms with Crippen molar-refractivity contribution in [2.75, 3.05) is 7.11 Å². The van der Waals surface area contributed by atoms with Gasteiger partial charge in [0.2, 0.25) is 0 Å². The Kier molecular flexibility index (Phi) is 3.36. The molecule has 0 fully saturated rings. The van der Waals surface area contributed by atoms with Crippen molar-refractivity contribution >= 4 is 17.9 Å². The SMILES string of the molecule is COc1cc(Cl)cc(C(C)C=O)c1O. The van der Waals surface area contributed by atoms with Gasteiger partial charge in [0.15, 0.2) is 11.5 Å². The Bertz CT molecular complexity index is 349. The summed E-state index contributed by atoms with van der Waals surface area (Å²) in [5, 5.41) is 10.1. The van der Waals surface area contributed by atoms with Crippen molar-refractivity contribution in [1.82, 2.24) is 0 Å². The number of carbonyl (C=O) groups excluding carboxylic acids is 1. The molecule has 1 atom stereocenters. The second kappa shape index (κ2) is 4.33. The van der Waals surface area contributed by atoms with Crippen LogP contribution < -0.4 is 4.74 Å². The maximum Gasteiger partial charge on any atom is 0.162 e. The lowest BCUT2D eigenvalue weighted by atomic mass is 10.0. The highest BCUT2D eigenvalue weighted by molar-refractivity contribution is 6.30. The normalized spacial score (nSPS) is 12.2. The molecular weight excluding hydrogens is 204 g/mol. The highest BCUT2D eigenvalue weighted by Gasteiger charge is 2.14. The standard InChI is InChI=1S/C10H11ClO3/c1-6(5-12)8-3-7(11)4-9(14-2)10(8)13/h3-6,13H,1-2H3. The molecule has 0 heterocycles. The molecule has 4 heteroatoms. The lowest BCUT2D eigenvalue weighted by Crippen LogP contribution is -1.96. The van der Waals surface area contributed by atoms with Gasteiger partial charge >= 0.3 is 0 Å². The van der Waals surface area contributed by atoms with E-state index in [1.165, 1.54) is 13.2 Å². The summed E-state index contributed by atoms with van der Waals surface area (Å²) in [5.74, 6) is -0.152. The number of aromatic hydroxyl groups is 1. The molecule has 0 saturated carbocycles. The van der Waals surface area contributed by atoms with E-state index < -0.39 is 5.92 Å². The van der Waals surface area contributed by atoms with E-state index in [9.17, 15) is 9.90 Å². The molecule has 1 unspecified atom stereocenters. The summed E-state index contributed by atoms with van der Waals surface area (Å²) < 4.78 is 4.91. The van der Waals surface area contributed by atoms with Gasteiger partial charge in [-0.15, -0.1) is 0 Å². The summed E-state index contributed by atoms with van der Waals surface area (Å²) in [7, 11) is 1.43. The number of halogens is 1. The van der Waals surface area contributed by atoms with E-state index in [0.717, 1.165) is 6.29 Å². The van der Waals surface area contributed by atoms with Crippen molar-refractivity contribution in [3.05, 3.63) is 22.7 Å². The maximum absolute atomic E-state index is 10.6. The van der Waals surface area contributed by atoms with E-state index in [1.54, 1.807) is 13.0 Å². The van der Waals surface area contributed by atoms with Crippen LogP contribution in [0.25, 0.3) is 0 Å². The smallest absolute Gasteiger partial charge is 0.162 e. The second-order valence-electron chi connectivity index (χ2n) is 2.97. The van der Waals surface area contributed by atoms with Gasteiger partial charge in [0, 0.05) is 22.6 Å². The molecule has 0 saturated heterocycles. The third kappa shape index (κ3) is 1.99. The number of methoxy groups -OCH3 is 1. The molecule has 1 aromatic carbocycles. The van der Waals surface area contributed by atoms with E-state index in [1.807, 2.05) is 0 Å². The van der Waals surface area contributed by atoms with Gasteiger partial charge < -0.3 is 14.6 Å². The zero-order valence-electron chi connectivity index (χ0n) is 7.95. The Morgan fingerprint density at radius 1 is 1.57 bits per heavy atom. The Labute approximate surface area is 87.3 Å². The van der Waals surface area contributed by atoms with Crippen molar-refractivity contribution in [1.29, 1.82) is 0 Å². The molecule has 0 aliphatic heterocycles. The third-order valence-electron chi connectivity index (χ3n) is 1.98. The predicted molar refractivity (Wildman–Crippen MR) is 54.1 cm³/mol. The monoisotopic (exact) mass is 214 g/mol. The van der Waals surface area contributed by atoms with Gasteiger partial charge in [0.05, 0.1) is 7.11 Å². The van der Waals surface area contributed by atoms with Crippen LogP contribution in [0, 0.1) is 0 Å². The Balaban J connectivity index is 3.28. The van der Waals surface area contributed by atoms with E-state index >= 15 is 0 Å². The molecule has 0 aliphatic carbocycles. The van der Waals surface area contributed by atoms with Crippen molar-refractivity contribution in [3.8, 4) is 11.5 Å². The average molecular weight is 215 g/mol. The largest absolute Gasteiger partial charge is 0.504 e. The fourth-order valence-electron chi connectivity index (χ4n) is 1.17. The van der Waals surface area contributed by atoms with Gasteiger partial charge in [-0.1, -0.05) is 18.5 Å². The molecule has 76 valence electrons. The third-order valence-corrected chi connectivity index (χ3v) is 2.20. The number of phenols is 1. The molecule has 14 heavy (non-hydrogen) atoms. The molecule has 3 nitrogen and oxygen atoms in total. The highest BCUT2D eigenvalue weighted by atomic mass is 35.5. The fraction of sp³-hybridized carbons (Fsp3) is 0.300. The Morgan fingerprint density at radius 2 is 2.21 bits per heavy atom. The van der Waals surface area contributed by atoms with E-state index in [2.05, 4.69) is 0 Å². The molecule has 1 aromatic rings. The lowest BCUT2D eigenvalue weighted by molar-refractivity contribution is -0.108. The number of ether oxygens (including phenoxy) is 1. The lowest BCUT2D eigenvalue weighted by Gasteiger charge is -2.11. The van der Waals surface area contributed by atoms with Crippen molar-refractivity contribution in [3.63, 3.8) is 0 Å². The fourth-order valence-corrected chi connectivity index (χ4v) is 1.39. The molecule has 0 aromatic heterocycles. The van der Waals surface area contributed by atoms with Gasteiger partial charge in [0.25, 0.3) is 0 Å². The van der Waals surface area contributed by atoms with Gasteiger partial charge in [-0.2, -0.15) is 0 Å². The summed E-state index contributed by atoms with van der Waals surface area (Å²) >= 11 is 5.79. The van der Waals surface area contributed by atoms with Crippen molar-refractivity contribution < 1.29 is 14.6 Å². The number of aldehydes is 1. The maximum atomic E-state index is 10.6. The zero-order chi connectivity index (χ0) is 10.7. The molecule has 0 bridgehead atoms. The summed E-state index contributed by atoms with van der Waals surface area (Å²) in [6.07, 6.45) is 0.741. The second-order valence-corrected chi connectivity index (χ2v) is 3.41. The molecular formula is C10H11ClO3. The first-order chi connectivity index (χ1) is 6.60. The van der Waals surface area contributed by atoms with Gasteiger partial charge in [-0.25, -0.2) is 0 Å². The molecule has 0 amide bonds. The number of hydrogen-bond acceptors (Lipinski definition) is 3. The first-order valence-electron chi connectivity index (χ1n) is 4.11. The van der Waals surface area contributed by atoms with E-state index in [0.29, 0.717) is 10.6 Å². The average Bonchev–Trinajstić information content (AvgIpc) is 2.19. The minimum absolute atomic E-state index is 0.0310. The van der Waals surface area contributed by atoms with Crippen LogP contribution in [0.4, 0.5) is 0 Å². The predicted octanol–water partition coefficient (Wildman–Crippen LogP) is 2.36.